The molecule has 0 aliphatic heterocycles. The van der Waals surface area contributed by atoms with E-state index in [2.05, 4.69) is 29.6 Å². The Morgan fingerprint density at radius 3 is 1.54 bits per heavy atom. The van der Waals surface area contributed by atoms with Gasteiger partial charge in [0.25, 0.3) is 0 Å². The molecular weight excluding hydrogens is 801 g/mol. The monoisotopic (exact) mass is 846 g/mol. The Labute approximate surface area is 327 Å². The maximum absolute atomic E-state index is 13.9. The minimum absolute atomic E-state index is 0.0940. The van der Waals surface area contributed by atoms with Gasteiger partial charge in [-0.25, -0.2) is 4.79 Å². The van der Waals surface area contributed by atoms with Crippen LogP contribution in [-0.2, 0) is 62.4 Å². The van der Waals surface area contributed by atoms with Gasteiger partial charge in [0.2, 0.25) is 29.5 Å². The number of rotatable bonds is 23. The fraction of sp³-hybridized carbons (Fsp3) is 0.455. The van der Waals surface area contributed by atoms with Crippen molar-refractivity contribution >= 4 is 56.3 Å². The van der Waals surface area contributed by atoms with E-state index in [0.717, 1.165) is 19.1 Å². The van der Waals surface area contributed by atoms with Gasteiger partial charge in [-0.2, -0.15) is 16.8 Å². The largest absolute Gasteiger partial charge is 0.480 e. The highest BCUT2D eigenvalue weighted by molar-refractivity contribution is 7.81. The molecule has 2 aromatic rings. The lowest BCUT2D eigenvalue weighted by molar-refractivity contribution is -0.143. The normalized spacial score (nSPS) is 15.3. The second kappa shape index (κ2) is 21.2. The molecule has 2 aromatic carbocycles. The number of carbonyl (C=O) groups excluding carboxylic acids is 5. The summed E-state index contributed by atoms with van der Waals surface area (Å²) in [4.78, 5) is 76.9. The maximum atomic E-state index is 13.9. The fourth-order valence-electron chi connectivity index (χ4n) is 5.09. The van der Waals surface area contributed by atoms with Crippen LogP contribution in [0.1, 0.15) is 51.2 Å². The van der Waals surface area contributed by atoms with Gasteiger partial charge in [-0.05, 0) is 61.1 Å². The van der Waals surface area contributed by atoms with Crippen LogP contribution in [0.4, 0.5) is 0 Å². The molecule has 0 heterocycles. The Kier molecular flexibility index (Phi) is 17.8. The average Bonchev–Trinajstić information content (AvgIpc) is 3.10. The standard InChI is InChI=1S/C33H46N6O16S2/c1-4-17(2)27(38-29(42)23(34)15-19-5-9-21(10-6-19)54-56(48,49)50)31(44)37-25(16-20-7-11-22(12-8-20)55-57(51,52)53)30(43)39-28(18(3)40)32(45)36-24(33(46)47)13-14-26(35)41/h5-12,17-18,23-25,27-28,40H,4,13-16,34H2,1-3H3,(H2,35,41)(H,36,45)(H,37,44)(H,38,42)(H,39,43)(H,46,47)(H,48,49,50)(H,51,52,53). The lowest BCUT2D eigenvalue weighted by Crippen LogP contribution is -2.61. The minimum atomic E-state index is -4.88. The van der Waals surface area contributed by atoms with Crippen LogP contribution in [0, 0.1) is 5.92 Å². The Morgan fingerprint density at radius 2 is 1.12 bits per heavy atom. The number of amides is 5. The highest BCUT2D eigenvalue weighted by Gasteiger charge is 2.35. The topological polar surface area (TPSA) is 370 Å². The number of aliphatic hydroxyl groups excluding tert-OH is 1. The minimum Gasteiger partial charge on any atom is -0.480 e. The number of benzene rings is 2. The molecule has 0 radical (unpaired) electrons. The van der Waals surface area contributed by atoms with Crippen molar-refractivity contribution in [2.24, 2.45) is 17.4 Å². The molecule has 2 rings (SSSR count). The summed E-state index contributed by atoms with van der Waals surface area (Å²) in [5.74, 6) is -7.38. The molecule has 0 aromatic heterocycles. The van der Waals surface area contributed by atoms with Gasteiger partial charge in [0.15, 0.2) is 0 Å². The summed E-state index contributed by atoms with van der Waals surface area (Å²) in [5, 5.41) is 29.4. The SMILES string of the molecule is CCC(C)C(NC(=O)C(N)Cc1ccc(OS(=O)(=O)O)cc1)C(=O)NC(Cc1ccc(OS(=O)(=O)O)cc1)C(=O)NC(C(=O)NC(CCC(N)=O)C(=O)O)C(C)O. The van der Waals surface area contributed by atoms with Crippen LogP contribution in [0.15, 0.2) is 48.5 Å². The van der Waals surface area contributed by atoms with Crippen LogP contribution < -0.4 is 41.1 Å². The highest BCUT2D eigenvalue weighted by atomic mass is 32.3. The molecule has 0 aliphatic carbocycles. The number of carboxylic acids is 1. The summed E-state index contributed by atoms with van der Waals surface area (Å²) in [7, 11) is -9.65. The van der Waals surface area contributed by atoms with E-state index >= 15 is 0 Å². The average molecular weight is 847 g/mol. The molecule has 57 heavy (non-hydrogen) atoms. The Bertz CT molecular complexity index is 1960. The van der Waals surface area contributed by atoms with E-state index in [1.54, 1.807) is 13.8 Å². The van der Waals surface area contributed by atoms with E-state index < -0.39 is 111 Å². The van der Waals surface area contributed by atoms with Crippen molar-refractivity contribution in [2.45, 2.75) is 89.2 Å². The maximum Gasteiger partial charge on any atom is 0.446 e. The number of primary amides is 1. The molecule has 0 spiro atoms. The van der Waals surface area contributed by atoms with Crippen LogP contribution >= 0.6 is 0 Å². The predicted molar refractivity (Wildman–Crippen MR) is 198 cm³/mol. The third kappa shape index (κ3) is 17.1. The molecule has 24 heteroatoms. The second-order valence-corrected chi connectivity index (χ2v) is 14.9. The number of hydrogen-bond donors (Lipinski definition) is 10. The molecule has 0 saturated heterocycles. The zero-order chi connectivity index (χ0) is 43.2. The van der Waals surface area contributed by atoms with Crippen molar-refractivity contribution in [2.75, 3.05) is 0 Å². The number of aliphatic carboxylic acids is 1. The molecule has 7 unspecified atom stereocenters. The van der Waals surface area contributed by atoms with E-state index in [4.69, 9.17) is 20.6 Å². The van der Waals surface area contributed by atoms with E-state index in [1.807, 2.05) is 0 Å². The van der Waals surface area contributed by atoms with Crippen molar-refractivity contribution in [1.82, 2.24) is 21.3 Å². The second-order valence-electron chi connectivity index (χ2n) is 12.9. The van der Waals surface area contributed by atoms with Gasteiger partial charge in [0.1, 0.15) is 35.7 Å². The van der Waals surface area contributed by atoms with E-state index in [0.29, 0.717) is 12.0 Å². The number of nitrogens with two attached hydrogens (primary N) is 2. The number of aliphatic hydroxyl groups is 1. The molecule has 0 aliphatic rings. The number of carboxylic acid groups (broad SMARTS) is 1. The van der Waals surface area contributed by atoms with Crippen molar-refractivity contribution in [3.8, 4) is 11.5 Å². The van der Waals surface area contributed by atoms with Gasteiger partial charge in [0.05, 0.1) is 12.1 Å². The van der Waals surface area contributed by atoms with Crippen molar-refractivity contribution < 1.29 is 73.3 Å². The third-order valence-electron chi connectivity index (χ3n) is 8.26. The first-order valence-electron chi connectivity index (χ1n) is 17.1. The third-order valence-corrected chi connectivity index (χ3v) is 9.07. The first-order valence-corrected chi connectivity index (χ1v) is 19.8. The van der Waals surface area contributed by atoms with Crippen LogP contribution in [0.25, 0.3) is 0 Å². The molecule has 0 saturated carbocycles. The highest BCUT2D eigenvalue weighted by Crippen LogP contribution is 2.18. The van der Waals surface area contributed by atoms with Crippen LogP contribution in [0.5, 0.6) is 11.5 Å². The lowest BCUT2D eigenvalue weighted by atomic mass is 9.96. The summed E-state index contributed by atoms with van der Waals surface area (Å²) < 4.78 is 70.7. The smallest absolute Gasteiger partial charge is 0.446 e. The molecule has 7 atom stereocenters. The van der Waals surface area contributed by atoms with Gasteiger partial charge >= 0.3 is 26.8 Å². The predicted octanol–water partition coefficient (Wildman–Crippen LogP) is -2.12. The van der Waals surface area contributed by atoms with Crippen molar-refractivity contribution in [1.29, 1.82) is 0 Å². The Balaban J connectivity index is 2.37. The Hall–Kier alpha value is -5.40. The summed E-state index contributed by atoms with van der Waals surface area (Å²) in [5.41, 5.74) is 11.9. The first-order chi connectivity index (χ1) is 26.4. The van der Waals surface area contributed by atoms with Gasteiger partial charge in [-0.1, -0.05) is 44.5 Å². The van der Waals surface area contributed by atoms with Crippen molar-refractivity contribution in [3.05, 3.63) is 59.7 Å². The lowest BCUT2D eigenvalue weighted by Gasteiger charge is -2.29. The summed E-state index contributed by atoms with van der Waals surface area (Å²) in [6.07, 6.45) is -2.56. The van der Waals surface area contributed by atoms with E-state index in [1.165, 1.54) is 36.4 Å². The molecule has 22 nitrogen and oxygen atoms in total. The quantitative estimate of drug-likeness (QED) is 0.0534. The van der Waals surface area contributed by atoms with E-state index in [-0.39, 0.29) is 29.9 Å². The first kappa shape index (κ1) is 47.8. The van der Waals surface area contributed by atoms with Crippen molar-refractivity contribution in [3.63, 3.8) is 0 Å². The van der Waals surface area contributed by atoms with E-state index in [9.17, 15) is 55.8 Å². The van der Waals surface area contributed by atoms with Crippen LogP contribution in [-0.4, -0.2) is 108 Å². The van der Waals surface area contributed by atoms with Gasteiger partial charge in [0, 0.05) is 12.8 Å². The fourth-order valence-corrected chi connectivity index (χ4v) is 5.79. The van der Waals surface area contributed by atoms with Crippen LogP contribution in [0.2, 0.25) is 0 Å². The number of hydrogen-bond acceptors (Lipinski definition) is 14. The summed E-state index contributed by atoms with van der Waals surface area (Å²) in [6, 6.07) is 2.47. The molecular formula is C33H46N6O16S2. The summed E-state index contributed by atoms with van der Waals surface area (Å²) in [6.45, 7) is 4.45. The molecule has 0 bridgehead atoms. The van der Waals surface area contributed by atoms with Gasteiger partial charge < -0.3 is 51.3 Å². The Morgan fingerprint density at radius 1 is 0.684 bits per heavy atom. The molecule has 12 N–H and O–H groups in total. The molecule has 0 fully saturated rings. The number of nitrogens with one attached hydrogen (secondary N) is 4. The zero-order valence-corrected chi connectivity index (χ0v) is 32.5. The summed E-state index contributed by atoms with van der Waals surface area (Å²) >= 11 is 0. The molecule has 316 valence electrons. The van der Waals surface area contributed by atoms with Gasteiger partial charge in [-0.15, -0.1) is 0 Å². The molecule has 5 amide bonds. The van der Waals surface area contributed by atoms with Gasteiger partial charge in [-0.3, -0.25) is 33.1 Å². The zero-order valence-electron chi connectivity index (χ0n) is 30.9. The number of carbonyl (C=O) groups is 6. The van der Waals surface area contributed by atoms with Crippen LogP contribution in [0.3, 0.4) is 0 Å².